The summed E-state index contributed by atoms with van der Waals surface area (Å²) >= 11 is 0. The Balaban J connectivity index is 2.06. The molecular weight excluding hydrogens is 704 g/mol. The van der Waals surface area contributed by atoms with Gasteiger partial charge in [-0.05, 0) is 70.1 Å². The average molecular weight is 755 g/mol. The molecule has 0 saturated heterocycles. The highest BCUT2D eigenvalue weighted by molar-refractivity contribution is 7.90. The van der Waals surface area contributed by atoms with Crippen LogP contribution in [0.4, 0.5) is 4.79 Å². The van der Waals surface area contributed by atoms with E-state index >= 15 is 0 Å². The van der Waals surface area contributed by atoms with Crippen molar-refractivity contribution >= 4 is 51.7 Å². The molecule has 0 saturated carbocycles. The lowest BCUT2D eigenvalue weighted by atomic mass is 9.94. The molecule has 0 aliphatic carbocycles. The zero-order valence-electron chi connectivity index (χ0n) is 30.5. The zero-order valence-corrected chi connectivity index (χ0v) is 31.3. The van der Waals surface area contributed by atoms with Crippen molar-refractivity contribution < 1.29 is 51.8 Å². The SMILES string of the molecule is Cc1c(C)c(S(=O)(=O)NC(N)=NCCCC(NC(=O)CNC(=O)OCC(C)C)C(=O)NCC(=O)NCC(=O)NCC(=O)O)c(C)c2c1OC(C)(C)C2. The van der Waals surface area contributed by atoms with Gasteiger partial charge in [-0.15, -0.1) is 0 Å². The van der Waals surface area contributed by atoms with Crippen LogP contribution in [0.3, 0.4) is 0 Å². The highest BCUT2D eigenvalue weighted by Gasteiger charge is 2.36. The molecule has 0 fully saturated rings. The van der Waals surface area contributed by atoms with Crippen LogP contribution in [0.25, 0.3) is 0 Å². The van der Waals surface area contributed by atoms with Crippen molar-refractivity contribution in [2.75, 3.05) is 39.3 Å². The number of nitrogens with two attached hydrogens (primary N) is 1. The molecule has 5 amide bonds. The van der Waals surface area contributed by atoms with Gasteiger partial charge in [0.1, 0.15) is 30.5 Å². The number of benzene rings is 1. The number of nitrogens with zero attached hydrogens (tertiary/aromatic N) is 1. The first-order valence-corrected chi connectivity index (χ1v) is 18.0. The Morgan fingerprint density at radius 1 is 0.904 bits per heavy atom. The Hall–Kier alpha value is -5.14. The molecule has 0 radical (unpaired) electrons. The van der Waals surface area contributed by atoms with Crippen molar-refractivity contribution in [3.8, 4) is 5.75 Å². The van der Waals surface area contributed by atoms with Crippen molar-refractivity contribution in [1.82, 2.24) is 31.3 Å². The van der Waals surface area contributed by atoms with E-state index in [1.165, 1.54) is 0 Å². The largest absolute Gasteiger partial charge is 0.487 e. The van der Waals surface area contributed by atoms with Crippen LogP contribution in [0.1, 0.15) is 62.8 Å². The number of nitrogens with one attached hydrogen (secondary N) is 6. The van der Waals surface area contributed by atoms with Gasteiger partial charge in [0, 0.05) is 18.5 Å². The van der Waals surface area contributed by atoms with Crippen LogP contribution in [0.15, 0.2) is 9.89 Å². The molecule has 9 N–H and O–H groups in total. The van der Waals surface area contributed by atoms with E-state index in [9.17, 15) is 37.2 Å². The Kier molecular flexibility index (Phi) is 15.6. The third-order valence-corrected chi connectivity index (χ3v) is 9.26. The number of carbonyl (C=O) groups excluding carboxylic acids is 5. The maximum absolute atomic E-state index is 13.5. The second kappa shape index (κ2) is 18.9. The van der Waals surface area contributed by atoms with Crippen molar-refractivity contribution in [3.63, 3.8) is 0 Å². The number of guanidine groups is 1. The smallest absolute Gasteiger partial charge is 0.407 e. The summed E-state index contributed by atoms with van der Waals surface area (Å²) in [6, 6.07) is -1.23. The van der Waals surface area contributed by atoms with Crippen molar-refractivity contribution in [3.05, 3.63) is 22.3 Å². The van der Waals surface area contributed by atoms with Gasteiger partial charge >= 0.3 is 12.1 Å². The first-order valence-electron chi connectivity index (χ1n) is 16.5. The monoisotopic (exact) mass is 754 g/mol. The van der Waals surface area contributed by atoms with Crippen LogP contribution < -0.4 is 41.8 Å². The van der Waals surface area contributed by atoms with Crippen LogP contribution in [-0.2, 0) is 45.2 Å². The molecule has 1 aliphatic heterocycles. The summed E-state index contributed by atoms with van der Waals surface area (Å²) < 4.78 is 40.3. The molecule has 1 aromatic rings. The predicted octanol–water partition coefficient (Wildman–Crippen LogP) is -1.00. The molecule has 290 valence electrons. The quantitative estimate of drug-likeness (QED) is 0.0509. The third kappa shape index (κ3) is 13.5. The average Bonchev–Trinajstić information content (AvgIpc) is 3.38. The van der Waals surface area contributed by atoms with Crippen LogP contribution in [-0.4, -0.2) is 106 Å². The summed E-state index contributed by atoms with van der Waals surface area (Å²) in [6.45, 7) is 10.5. The molecule has 1 unspecified atom stereocenters. The summed E-state index contributed by atoms with van der Waals surface area (Å²) in [6.07, 6.45) is -0.237. The number of carbonyl (C=O) groups is 6. The van der Waals surface area contributed by atoms with Gasteiger partial charge in [0.05, 0.1) is 24.6 Å². The van der Waals surface area contributed by atoms with E-state index < -0.39 is 89.5 Å². The number of aliphatic carboxylic acids is 1. The molecule has 2 rings (SSSR count). The highest BCUT2D eigenvalue weighted by Crippen LogP contribution is 2.43. The molecule has 1 aliphatic rings. The first kappa shape index (κ1) is 43.0. The van der Waals surface area contributed by atoms with E-state index in [1.807, 2.05) is 27.7 Å². The molecular formula is C32H50N8O11S. The molecule has 1 atom stereocenters. The van der Waals surface area contributed by atoms with Crippen molar-refractivity contribution in [2.45, 2.75) is 84.3 Å². The summed E-state index contributed by atoms with van der Waals surface area (Å²) in [5, 5.41) is 19.9. The number of alkyl carbamates (subject to hydrolysis) is 1. The predicted molar refractivity (Wildman–Crippen MR) is 188 cm³/mol. The van der Waals surface area contributed by atoms with E-state index in [0.717, 1.165) is 5.56 Å². The van der Waals surface area contributed by atoms with Gasteiger partial charge in [-0.2, -0.15) is 0 Å². The minimum Gasteiger partial charge on any atom is -0.487 e. The summed E-state index contributed by atoms with van der Waals surface area (Å²) in [7, 11) is -4.16. The number of hydrogen-bond acceptors (Lipinski definition) is 11. The number of hydrogen-bond donors (Lipinski definition) is 8. The second-order valence-electron chi connectivity index (χ2n) is 13.2. The van der Waals surface area contributed by atoms with Gasteiger partial charge in [0.25, 0.3) is 10.0 Å². The maximum atomic E-state index is 13.5. The first-order chi connectivity index (χ1) is 24.1. The van der Waals surface area contributed by atoms with Crippen molar-refractivity contribution in [1.29, 1.82) is 0 Å². The minimum atomic E-state index is -4.16. The normalized spacial score (nSPS) is 14.0. The van der Waals surface area contributed by atoms with Crippen LogP contribution in [0.5, 0.6) is 5.75 Å². The Morgan fingerprint density at radius 2 is 1.50 bits per heavy atom. The molecule has 0 aromatic heterocycles. The van der Waals surface area contributed by atoms with Crippen molar-refractivity contribution in [2.24, 2.45) is 16.6 Å². The summed E-state index contributed by atoms with van der Waals surface area (Å²) in [5.74, 6) is -4.00. The van der Waals surface area contributed by atoms with Gasteiger partial charge in [0.15, 0.2) is 0 Å². The molecule has 52 heavy (non-hydrogen) atoms. The van der Waals surface area contributed by atoms with E-state index in [0.29, 0.717) is 28.9 Å². The second-order valence-corrected chi connectivity index (χ2v) is 14.8. The van der Waals surface area contributed by atoms with Gasteiger partial charge in [-0.3, -0.25) is 29.0 Å². The van der Waals surface area contributed by atoms with E-state index in [1.54, 1.807) is 20.8 Å². The zero-order chi connectivity index (χ0) is 39.4. The molecule has 20 heteroatoms. The Labute approximate surface area is 302 Å². The summed E-state index contributed by atoms with van der Waals surface area (Å²) in [5.41, 5.74) is 8.03. The molecule has 0 spiro atoms. The fourth-order valence-electron chi connectivity index (χ4n) is 5.09. The lowest BCUT2D eigenvalue weighted by Crippen LogP contribution is -2.51. The topological polar surface area (TPSA) is 286 Å². The number of fused-ring (bicyclic) bond motifs is 1. The number of carboxylic acid groups (broad SMARTS) is 1. The lowest BCUT2D eigenvalue weighted by Gasteiger charge is -2.19. The van der Waals surface area contributed by atoms with E-state index in [4.69, 9.17) is 20.3 Å². The van der Waals surface area contributed by atoms with Gasteiger partial charge < -0.3 is 46.9 Å². The van der Waals surface area contributed by atoms with E-state index in [2.05, 4.69) is 36.3 Å². The maximum Gasteiger partial charge on any atom is 0.407 e. The Morgan fingerprint density at radius 3 is 2.12 bits per heavy atom. The van der Waals surface area contributed by atoms with Crippen LogP contribution in [0, 0.1) is 26.7 Å². The number of aliphatic imine (C=N–C) groups is 1. The third-order valence-electron chi connectivity index (χ3n) is 7.63. The number of amides is 5. The van der Waals surface area contributed by atoms with Gasteiger partial charge in [0.2, 0.25) is 29.6 Å². The number of ether oxygens (including phenoxy) is 2. The minimum absolute atomic E-state index is 0.0455. The van der Waals surface area contributed by atoms with Gasteiger partial charge in [-0.25, -0.2) is 17.9 Å². The molecule has 0 bridgehead atoms. The van der Waals surface area contributed by atoms with Gasteiger partial charge in [-0.1, -0.05) is 13.8 Å². The Bertz CT molecular complexity index is 1680. The molecule has 19 nitrogen and oxygen atoms in total. The number of rotatable bonds is 18. The van der Waals surface area contributed by atoms with Crippen LogP contribution >= 0.6 is 0 Å². The number of carboxylic acids is 1. The van der Waals surface area contributed by atoms with Crippen LogP contribution in [0.2, 0.25) is 0 Å². The molecule has 1 heterocycles. The van der Waals surface area contributed by atoms with E-state index in [-0.39, 0.29) is 36.8 Å². The fourth-order valence-corrected chi connectivity index (χ4v) is 6.62. The lowest BCUT2D eigenvalue weighted by molar-refractivity contribution is -0.137. The summed E-state index contributed by atoms with van der Waals surface area (Å²) in [4.78, 5) is 75.9. The number of sulfonamides is 1. The molecule has 1 aromatic carbocycles. The highest BCUT2D eigenvalue weighted by atomic mass is 32.2. The fraction of sp³-hybridized carbons (Fsp3) is 0.594. The standard InChI is InChI=1S/C32H50N8O11S/c1-17(2)16-50-31(47)38-14-25(43)39-22(29(46)37-13-24(42)35-12-23(41)36-15-26(44)45)9-8-10-34-30(33)40-52(48,49)28-19(4)18(3)27-21(20(28)5)11-32(6,7)51-27/h17,22H,8-16H2,1-7H3,(H,35,42)(H,36,41)(H,37,46)(H,38,47)(H,39,43)(H,44,45)(H3,33,34,40).